The number of ketones is 1. The highest BCUT2D eigenvalue weighted by Gasteiger charge is 2.25. The fraction of sp³-hybridized carbons (Fsp3) is 0.467. The van der Waals surface area contributed by atoms with Crippen molar-refractivity contribution in [1.82, 2.24) is 4.90 Å². The van der Waals surface area contributed by atoms with Crippen molar-refractivity contribution in [3.05, 3.63) is 34.9 Å². The number of hydrogen-bond acceptors (Lipinski definition) is 3. The van der Waals surface area contributed by atoms with Crippen LogP contribution in [0.2, 0.25) is 0 Å². The second-order valence-electron chi connectivity index (χ2n) is 5.28. The highest BCUT2D eigenvalue weighted by atomic mass is 16.4. The Morgan fingerprint density at radius 2 is 1.95 bits per heavy atom. The predicted molar refractivity (Wildman–Crippen MR) is 72.5 cm³/mol. The lowest BCUT2D eigenvalue weighted by Gasteiger charge is -2.21. The monoisotopic (exact) mass is 261 g/mol. The van der Waals surface area contributed by atoms with Gasteiger partial charge in [-0.2, -0.15) is 0 Å². The maximum atomic E-state index is 12.4. The van der Waals surface area contributed by atoms with E-state index in [1.54, 1.807) is 19.0 Å². The van der Waals surface area contributed by atoms with E-state index in [2.05, 4.69) is 0 Å². The van der Waals surface area contributed by atoms with Crippen molar-refractivity contribution in [2.45, 2.75) is 31.7 Å². The van der Waals surface area contributed by atoms with Crippen LogP contribution in [0.1, 0.15) is 34.3 Å². The third-order valence-electron chi connectivity index (χ3n) is 3.68. The minimum atomic E-state index is -0.951. The van der Waals surface area contributed by atoms with Crippen LogP contribution in [0.3, 0.4) is 0 Å². The summed E-state index contributed by atoms with van der Waals surface area (Å²) in [4.78, 5) is 24.9. The molecule has 0 heterocycles. The number of fused-ring (bicyclic) bond motifs is 1. The van der Waals surface area contributed by atoms with Crippen molar-refractivity contribution in [3.63, 3.8) is 0 Å². The molecule has 0 saturated heterocycles. The van der Waals surface area contributed by atoms with E-state index in [1.807, 2.05) is 18.2 Å². The Hall–Kier alpha value is -1.68. The summed E-state index contributed by atoms with van der Waals surface area (Å²) < 4.78 is 0. The van der Waals surface area contributed by atoms with Gasteiger partial charge in [-0.05, 0) is 50.6 Å². The van der Waals surface area contributed by atoms with Crippen molar-refractivity contribution in [3.8, 4) is 0 Å². The van der Waals surface area contributed by atoms with Crippen molar-refractivity contribution in [1.29, 1.82) is 0 Å². The van der Waals surface area contributed by atoms with Gasteiger partial charge in [0.1, 0.15) is 0 Å². The van der Waals surface area contributed by atoms with E-state index in [-0.39, 0.29) is 12.2 Å². The van der Waals surface area contributed by atoms with Crippen LogP contribution in [-0.4, -0.2) is 41.9 Å². The van der Waals surface area contributed by atoms with Gasteiger partial charge in [-0.25, -0.2) is 0 Å². The van der Waals surface area contributed by atoms with Gasteiger partial charge < -0.3 is 5.11 Å². The van der Waals surface area contributed by atoms with Crippen LogP contribution in [0.25, 0.3) is 0 Å². The summed E-state index contributed by atoms with van der Waals surface area (Å²) in [6.45, 7) is 0. The molecule has 2 rings (SSSR count). The molecule has 0 amide bonds. The van der Waals surface area contributed by atoms with Gasteiger partial charge >= 0.3 is 5.97 Å². The number of Topliss-reactive ketones (excluding diaryl/α,β-unsaturated/α-hetero) is 1. The molecule has 4 heteroatoms. The van der Waals surface area contributed by atoms with E-state index in [0.29, 0.717) is 5.56 Å². The van der Waals surface area contributed by atoms with Crippen LogP contribution >= 0.6 is 0 Å². The molecule has 0 radical (unpaired) electrons. The van der Waals surface area contributed by atoms with Crippen molar-refractivity contribution in [2.24, 2.45) is 0 Å². The molecule has 19 heavy (non-hydrogen) atoms. The van der Waals surface area contributed by atoms with Crippen molar-refractivity contribution >= 4 is 11.8 Å². The molecular weight excluding hydrogens is 242 g/mol. The van der Waals surface area contributed by atoms with E-state index in [1.165, 1.54) is 11.1 Å². The van der Waals surface area contributed by atoms with Gasteiger partial charge in [0.25, 0.3) is 0 Å². The molecule has 1 aliphatic rings. The molecule has 1 unspecified atom stereocenters. The molecule has 102 valence electrons. The summed E-state index contributed by atoms with van der Waals surface area (Å²) in [5.41, 5.74) is 3.18. The summed E-state index contributed by atoms with van der Waals surface area (Å²) in [6.07, 6.45) is 3.07. The number of rotatable bonds is 5. The van der Waals surface area contributed by atoms with Crippen LogP contribution in [-0.2, 0) is 17.6 Å². The molecular formula is C15H19NO3. The van der Waals surface area contributed by atoms with Gasteiger partial charge in [0.2, 0.25) is 0 Å². The molecule has 0 aliphatic heterocycles. The van der Waals surface area contributed by atoms with Gasteiger partial charge in [0.05, 0.1) is 12.5 Å². The van der Waals surface area contributed by atoms with E-state index < -0.39 is 12.0 Å². The number of aliphatic carboxylic acids is 1. The van der Waals surface area contributed by atoms with Gasteiger partial charge in [-0.15, -0.1) is 0 Å². The number of nitrogens with zero attached hydrogens (tertiary/aromatic N) is 1. The van der Waals surface area contributed by atoms with Crippen molar-refractivity contribution in [2.75, 3.05) is 14.1 Å². The molecule has 0 saturated carbocycles. The molecule has 1 aromatic rings. The second kappa shape index (κ2) is 5.53. The quantitative estimate of drug-likeness (QED) is 0.821. The smallest absolute Gasteiger partial charge is 0.305 e. The number of hydrogen-bond donors (Lipinski definition) is 1. The van der Waals surface area contributed by atoms with Gasteiger partial charge in [0.15, 0.2) is 5.78 Å². The number of carbonyl (C=O) groups excluding carboxylic acids is 1. The number of likely N-dealkylation sites (N-methyl/N-ethyl adjacent to an activating group) is 1. The molecule has 4 nitrogen and oxygen atoms in total. The number of carboxylic acid groups (broad SMARTS) is 1. The predicted octanol–water partition coefficient (Wildman–Crippen LogP) is 1.76. The lowest BCUT2D eigenvalue weighted by molar-refractivity contribution is -0.137. The lowest BCUT2D eigenvalue weighted by atomic mass is 9.97. The zero-order chi connectivity index (χ0) is 14.0. The Morgan fingerprint density at radius 1 is 1.26 bits per heavy atom. The van der Waals surface area contributed by atoms with Crippen molar-refractivity contribution < 1.29 is 14.7 Å². The Balaban J connectivity index is 2.24. The Kier molecular flexibility index (Phi) is 4.00. The Bertz CT molecular complexity index is 508. The zero-order valence-electron chi connectivity index (χ0n) is 11.3. The SMILES string of the molecule is CN(C)C(CC(=O)O)C(=O)c1ccc2c(c1)CCC2. The van der Waals surface area contributed by atoms with E-state index in [0.717, 1.165) is 19.3 Å². The van der Waals surface area contributed by atoms with Crippen LogP contribution in [0.15, 0.2) is 18.2 Å². The Morgan fingerprint density at radius 3 is 2.58 bits per heavy atom. The van der Waals surface area contributed by atoms with E-state index >= 15 is 0 Å². The number of benzene rings is 1. The standard InChI is InChI=1S/C15H19NO3/c1-16(2)13(9-14(17)18)15(19)12-7-6-10-4-3-5-11(10)8-12/h6-8,13H,3-5,9H2,1-2H3,(H,17,18). The number of carbonyl (C=O) groups is 2. The van der Waals surface area contributed by atoms with Gasteiger partial charge in [-0.3, -0.25) is 14.5 Å². The molecule has 0 bridgehead atoms. The first-order chi connectivity index (χ1) is 8.99. The first-order valence-electron chi connectivity index (χ1n) is 6.53. The van der Waals surface area contributed by atoms with Gasteiger partial charge in [0, 0.05) is 5.56 Å². The first-order valence-corrected chi connectivity index (χ1v) is 6.53. The molecule has 1 aliphatic carbocycles. The van der Waals surface area contributed by atoms with Crippen LogP contribution < -0.4 is 0 Å². The maximum absolute atomic E-state index is 12.4. The van der Waals surface area contributed by atoms with E-state index in [9.17, 15) is 9.59 Å². The molecule has 0 aromatic heterocycles. The largest absolute Gasteiger partial charge is 0.481 e. The third kappa shape index (κ3) is 3.01. The fourth-order valence-corrected chi connectivity index (χ4v) is 2.59. The van der Waals surface area contributed by atoms with Crippen LogP contribution in [0, 0.1) is 0 Å². The average Bonchev–Trinajstić information content (AvgIpc) is 2.81. The summed E-state index contributed by atoms with van der Waals surface area (Å²) in [5, 5.41) is 8.90. The van der Waals surface area contributed by atoms with E-state index in [4.69, 9.17) is 5.11 Å². The maximum Gasteiger partial charge on any atom is 0.305 e. The summed E-state index contributed by atoms with van der Waals surface area (Å²) in [7, 11) is 3.47. The number of carboxylic acids is 1. The zero-order valence-corrected chi connectivity index (χ0v) is 11.3. The minimum absolute atomic E-state index is 0.109. The summed E-state index contributed by atoms with van der Waals surface area (Å²) >= 11 is 0. The Labute approximate surface area is 113 Å². The van der Waals surface area contributed by atoms with Crippen LogP contribution in [0.5, 0.6) is 0 Å². The first kappa shape index (κ1) is 13.7. The molecule has 1 atom stereocenters. The molecule has 1 N–H and O–H groups in total. The minimum Gasteiger partial charge on any atom is -0.481 e. The fourth-order valence-electron chi connectivity index (χ4n) is 2.59. The van der Waals surface area contributed by atoms with Gasteiger partial charge in [-0.1, -0.05) is 12.1 Å². The normalized spacial score (nSPS) is 15.3. The third-order valence-corrected chi connectivity index (χ3v) is 3.68. The highest BCUT2D eigenvalue weighted by Crippen LogP contribution is 2.24. The summed E-state index contributed by atoms with van der Waals surface area (Å²) in [6, 6.07) is 5.16. The highest BCUT2D eigenvalue weighted by molar-refractivity contribution is 6.01. The van der Waals surface area contributed by atoms with Crippen LogP contribution in [0.4, 0.5) is 0 Å². The number of aryl methyl sites for hydroxylation is 2. The lowest BCUT2D eigenvalue weighted by Crippen LogP contribution is -2.37. The summed E-state index contributed by atoms with van der Waals surface area (Å²) in [5.74, 6) is -1.06. The molecule has 1 aromatic carbocycles. The molecule has 0 fully saturated rings. The molecule has 0 spiro atoms. The second-order valence-corrected chi connectivity index (χ2v) is 5.28. The topological polar surface area (TPSA) is 57.6 Å². The average molecular weight is 261 g/mol.